The Morgan fingerprint density at radius 1 is 0.812 bits per heavy atom. The highest BCUT2D eigenvalue weighted by Crippen LogP contribution is 2.31. The third kappa shape index (κ3) is 4.62. The van der Waals surface area contributed by atoms with E-state index in [0.717, 1.165) is 13.8 Å². The van der Waals surface area contributed by atoms with Crippen molar-refractivity contribution in [1.82, 2.24) is 0 Å². The number of imide groups is 1. The topological polar surface area (TPSA) is 78.5 Å². The molecule has 1 aliphatic rings. The molecule has 160 valence electrons. The fourth-order valence-electron chi connectivity index (χ4n) is 3.06. The molecule has 0 saturated carbocycles. The summed E-state index contributed by atoms with van der Waals surface area (Å²) in [6, 6.07) is 20.5. The van der Waals surface area contributed by atoms with Gasteiger partial charge in [0.15, 0.2) is 0 Å². The summed E-state index contributed by atoms with van der Waals surface area (Å²) in [6.07, 6.45) is 0. The van der Waals surface area contributed by atoms with E-state index in [1.165, 1.54) is 0 Å². The first-order valence-corrected chi connectivity index (χ1v) is 11.3. The molecule has 1 heterocycles. The van der Waals surface area contributed by atoms with Gasteiger partial charge in [0, 0.05) is 25.9 Å². The molecule has 0 fully saturated rings. The molecule has 0 saturated heterocycles. The van der Waals surface area contributed by atoms with Crippen LogP contribution < -0.4 is 15.5 Å². The molecule has 9 heteroatoms. The molecule has 0 unspecified atom stereocenters. The van der Waals surface area contributed by atoms with Gasteiger partial charge >= 0.3 is 0 Å². The van der Waals surface area contributed by atoms with Crippen LogP contribution in [-0.4, -0.2) is 17.7 Å². The molecule has 0 spiro atoms. The van der Waals surface area contributed by atoms with E-state index >= 15 is 0 Å². The Morgan fingerprint density at radius 2 is 1.44 bits per heavy atom. The van der Waals surface area contributed by atoms with Crippen LogP contribution >= 0.6 is 43.5 Å². The molecule has 6 nitrogen and oxygen atoms in total. The largest absolute Gasteiger partial charge is 0.350 e. The highest BCUT2D eigenvalue weighted by Gasteiger charge is 2.38. The SMILES string of the molecule is O=C(Nc1ccc(Br)cc1)c1cccc(NC2=C(Cl)C(=O)N(c3ccc(Br)cc3)C2=O)c1. The van der Waals surface area contributed by atoms with Gasteiger partial charge in [0.1, 0.15) is 10.7 Å². The molecule has 3 aromatic rings. The van der Waals surface area contributed by atoms with Gasteiger partial charge < -0.3 is 10.6 Å². The zero-order valence-electron chi connectivity index (χ0n) is 16.2. The van der Waals surface area contributed by atoms with Crippen molar-refractivity contribution < 1.29 is 14.4 Å². The van der Waals surface area contributed by atoms with Crippen molar-refractivity contribution in [2.24, 2.45) is 0 Å². The van der Waals surface area contributed by atoms with E-state index in [0.29, 0.717) is 22.6 Å². The zero-order chi connectivity index (χ0) is 22.8. The normalized spacial score (nSPS) is 13.5. The number of carbonyl (C=O) groups is 3. The van der Waals surface area contributed by atoms with Crippen LogP contribution in [0.15, 0.2) is 92.5 Å². The molecule has 4 rings (SSSR count). The third-order valence-corrected chi connectivity index (χ3v) is 6.02. The second-order valence-electron chi connectivity index (χ2n) is 6.78. The van der Waals surface area contributed by atoms with Crippen LogP contribution in [0.4, 0.5) is 17.1 Å². The number of carbonyl (C=O) groups excluding carboxylic acids is 3. The van der Waals surface area contributed by atoms with Crippen LogP contribution in [0.25, 0.3) is 0 Å². The van der Waals surface area contributed by atoms with Gasteiger partial charge in [0.05, 0.1) is 5.69 Å². The summed E-state index contributed by atoms with van der Waals surface area (Å²) >= 11 is 12.9. The Balaban J connectivity index is 1.53. The lowest BCUT2D eigenvalue weighted by molar-refractivity contribution is -0.120. The molecule has 32 heavy (non-hydrogen) atoms. The number of hydrogen-bond acceptors (Lipinski definition) is 4. The standard InChI is InChI=1S/C23H14Br2ClN3O3/c24-14-4-8-16(9-5-14)28-21(30)13-2-1-3-17(12-13)27-20-19(26)22(31)29(23(20)32)18-10-6-15(25)7-11-18/h1-12,27H,(H,28,30). The lowest BCUT2D eigenvalue weighted by Gasteiger charge is -2.15. The molecule has 3 amide bonds. The third-order valence-electron chi connectivity index (χ3n) is 4.61. The Bertz CT molecular complexity index is 1260. The summed E-state index contributed by atoms with van der Waals surface area (Å²) < 4.78 is 1.72. The maximum atomic E-state index is 12.9. The Kier molecular flexibility index (Phi) is 6.45. The molecule has 2 N–H and O–H groups in total. The average molecular weight is 576 g/mol. The molecular formula is C23H14Br2ClN3O3. The van der Waals surface area contributed by atoms with Crippen molar-refractivity contribution in [2.45, 2.75) is 0 Å². The zero-order valence-corrected chi connectivity index (χ0v) is 20.2. The van der Waals surface area contributed by atoms with Crippen LogP contribution in [-0.2, 0) is 9.59 Å². The van der Waals surface area contributed by atoms with E-state index < -0.39 is 11.8 Å². The molecule has 3 aromatic carbocycles. The summed E-state index contributed by atoms with van der Waals surface area (Å²) in [4.78, 5) is 39.1. The predicted molar refractivity (Wildman–Crippen MR) is 132 cm³/mol. The smallest absolute Gasteiger partial charge is 0.283 e. The van der Waals surface area contributed by atoms with Gasteiger partial charge in [-0.15, -0.1) is 0 Å². The van der Waals surface area contributed by atoms with Crippen LogP contribution in [0.1, 0.15) is 10.4 Å². The van der Waals surface area contributed by atoms with Gasteiger partial charge in [-0.25, -0.2) is 4.90 Å². The Morgan fingerprint density at radius 3 is 2.09 bits per heavy atom. The van der Waals surface area contributed by atoms with E-state index in [9.17, 15) is 14.4 Å². The minimum atomic E-state index is -0.620. The summed E-state index contributed by atoms with van der Waals surface area (Å²) in [5, 5.41) is 5.47. The van der Waals surface area contributed by atoms with Gasteiger partial charge in [-0.1, -0.05) is 49.5 Å². The van der Waals surface area contributed by atoms with Gasteiger partial charge in [0.2, 0.25) is 0 Å². The second-order valence-corrected chi connectivity index (χ2v) is 8.99. The number of anilines is 3. The molecular weight excluding hydrogens is 562 g/mol. The summed E-state index contributed by atoms with van der Waals surface area (Å²) in [6.45, 7) is 0. The first kappa shape index (κ1) is 22.3. The summed E-state index contributed by atoms with van der Waals surface area (Å²) in [5.74, 6) is -1.51. The van der Waals surface area contributed by atoms with Crippen molar-refractivity contribution in [3.63, 3.8) is 0 Å². The lowest BCUT2D eigenvalue weighted by atomic mass is 10.1. The molecule has 0 radical (unpaired) electrons. The van der Waals surface area contributed by atoms with E-state index in [1.807, 2.05) is 12.1 Å². The van der Waals surface area contributed by atoms with Crippen LogP contribution in [0, 0.1) is 0 Å². The van der Waals surface area contributed by atoms with Gasteiger partial charge in [-0.3, -0.25) is 14.4 Å². The van der Waals surface area contributed by atoms with Gasteiger partial charge in [0.25, 0.3) is 17.7 Å². The number of amides is 3. The maximum absolute atomic E-state index is 12.9. The summed E-state index contributed by atoms with van der Waals surface area (Å²) in [5.41, 5.74) is 1.81. The minimum Gasteiger partial charge on any atom is -0.350 e. The number of benzene rings is 3. The fraction of sp³-hybridized carbons (Fsp3) is 0. The molecule has 0 aliphatic carbocycles. The first-order chi connectivity index (χ1) is 15.3. The first-order valence-electron chi connectivity index (χ1n) is 9.31. The van der Waals surface area contributed by atoms with E-state index in [2.05, 4.69) is 42.5 Å². The van der Waals surface area contributed by atoms with Gasteiger partial charge in [-0.2, -0.15) is 0 Å². The highest BCUT2D eigenvalue weighted by atomic mass is 79.9. The van der Waals surface area contributed by atoms with E-state index in [-0.39, 0.29) is 16.6 Å². The molecule has 1 aliphatic heterocycles. The van der Waals surface area contributed by atoms with Crippen molar-refractivity contribution in [1.29, 1.82) is 0 Å². The Labute approximate surface area is 205 Å². The number of halogens is 3. The quantitative estimate of drug-likeness (QED) is 0.372. The van der Waals surface area contributed by atoms with Crippen LogP contribution in [0.5, 0.6) is 0 Å². The summed E-state index contributed by atoms with van der Waals surface area (Å²) in [7, 11) is 0. The van der Waals surface area contributed by atoms with E-state index in [4.69, 9.17) is 11.6 Å². The second kappa shape index (κ2) is 9.28. The maximum Gasteiger partial charge on any atom is 0.283 e. The number of nitrogens with zero attached hydrogens (tertiary/aromatic N) is 1. The van der Waals surface area contributed by atoms with Crippen molar-refractivity contribution in [2.75, 3.05) is 15.5 Å². The van der Waals surface area contributed by atoms with E-state index in [1.54, 1.807) is 60.7 Å². The Hall–Kier alpha value is -2.94. The monoisotopic (exact) mass is 573 g/mol. The average Bonchev–Trinajstić information content (AvgIpc) is 2.99. The number of rotatable bonds is 5. The highest BCUT2D eigenvalue weighted by molar-refractivity contribution is 9.10. The minimum absolute atomic E-state index is 0.0509. The fourth-order valence-corrected chi connectivity index (χ4v) is 3.80. The lowest BCUT2D eigenvalue weighted by Crippen LogP contribution is -2.32. The molecule has 0 aromatic heterocycles. The molecule has 0 atom stereocenters. The van der Waals surface area contributed by atoms with Crippen LogP contribution in [0.3, 0.4) is 0 Å². The van der Waals surface area contributed by atoms with Crippen molar-refractivity contribution in [3.05, 3.63) is 98.0 Å². The van der Waals surface area contributed by atoms with Crippen molar-refractivity contribution >= 4 is 78.2 Å². The van der Waals surface area contributed by atoms with Gasteiger partial charge in [-0.05, 0) is 66.7 Å². The van der Waals surface area contributed by atoms with Crippen LogP contribution in [0.2, 0.25) is 0 Å². The number of nitrogens with one attached hydrogen (secondary N) is 2. The number of hydrogen-bond donors (Lipinski definition) is 2. The molecule has 0 bridgehead atoms. The predicted octanol–water partition coefficient (Wildman–Crippen LogP) is 5.90. The van der Waals surface area contributed by atoms with Crippen molar-refractivity contribution in [3.8, 4) is 0 Å².